The van der Waals surface area contributed by atoms with Crippen LogP contribution in [0.15, 0.2) is 0 Å². The van der Waals surface area contributed by atoms with Crippen LogP contribution in [-0.2, 0) is 23.7 Å². The molecule has 15 heteroatoms. The first-order valence-corrected chi connectivity index (χ1v) is 15.4. The van der Waals surface area contributed by atoms with Crippen molar-refractivity contribution in [2.45, 2.75) is 110 Å². The van der Waals surface area contributed by atoms with Crippen molar-refractivity contribution in [1.29, 1.82) is 0 Å². The molecule has 0 radical (unpaired) electrons. The lowest BCUT2D eigenvalue weighted by molar-refractivity contribution is -0.627. The lowest BCUT2D eigenvalue weighted by atomic mass is 9.43. The van der Waals surface area contributed by atoms with Gasteiger partial charge in [0.25, 0.3) is 0 Å². The van der Waals surface area contributed by atoms with Crippen LogP contribution >= 0.6 is 0 Å². The van der Waals surface area contributed by atoms with E-state index in [9.17, 15) is 24.5 Å². The molecule has 0 aromatic heterocycles. The van der Waals surface area contributed by atoms with E-state index in [1.807, 2.05) is 0 Å². The van der Waals surface area contributed by atoms with Crippen molar-refractivity contribution in [1.82, 2.24) is 31.4 Å². The number of hydrazine groups is 2. The molecule has 2 bridgehead atoms. The Bertz CT molecular complexity index is 1080. The van der Waals surface area contributed by atoms with E-state index in [0.29, 0.717) is 50.6 Å². The maximum atomic E-state index is 13.7. The van der Waals surface area contributed by atoms with Gasteiger partial charge in [-0.05, 0) is 80.3 Å². The number of hydrogen-bond donors (Lipinski definition) is 4. The molecule has 7 atom stereocenters. The molecule has 6 rings (SSSR count). The molecule has 4 N–H and O–H groups in total. The average Bonchev–Trinajstić information content (AvgIpc) is 3.45. The van der Waals surface area contributed by atoms with Gasteiger partial charge in [0, 0.05) is 13.0 Å². The number of hydrogen-bond acceptors (Lipinski definition) is 9. The normalized spacial score (nSPS) is 32.3. The predicted octanol–water partition coefficient (Wildman–Crippen LogP) is 0.557. The average molecular weight is 592 g/mol. The number of carbonyl (C=O) groups is 3. The van der Waals surface area contributed by atoms with Crippen LogP contribution in [0.2, 0.25) is 0 Å². The number of likely N-dealkylation sites (tertiary alicyclic amines) is 1. The highest BCUT2D eigenvalue weighted by Gasteiger charge is 2.68. The minimum absolute atomic E-state index is 0.0137. The van der Waals surface area contributed by atoms with Gasteiger partial charge in [0.2, 0.25) is 24.0 Å². The number of rotatable bonds is 14. The Hall–Kier alpha value is -2.49. The van der Waals surface area contributed by atoms with Crippen LogP contribution in [0.5, 0.6) is 0 Å². The molecular weight excluding hydrogens is 545 g/mol. The first-order valence-electron chi connectivity index (χ1n) is 15.4. The number of nitrogens with one attached hydrogen (secondary N) is 4. The summed E-state index contributed by atoms with van der Waals surface area (Å²) in [7, 11) is -0.587. The Labute approximate surface area is 247 Å². The summed E-state index contributed by atoms with van der Waals surface area (Å²) in [5.41, 5.74) is 2.37. The van der Waals surface area contributed by atoms with Crippen molar-refractivity contribution in [2.24, 2.45) is 23.2 Å². The van der Waals surface area contributed by atoms with Crippen LogP contribution in [0.4, 0.5) is 0 Å². The highest BCUT2D eigenvalue weighted by atomic mass is 16.7. The van der Waals surface area contributed by atoms with Crippen molar-refractivity contribution < 1.29 is 28.7 Å². The standard InChI is InChI=1S/C27H46BN7O7/c1-16(2)12-21(28-41-20-14-17-13-19(26(17,3)4)27(20,5)42-28)31-24(38)18(8-6-10-29-25-32-34(25)35(39)40)30-22(36)15-33-11-7-9-23(33)37/h16-21,25,29,32H,6-15H2,1-5H3,(H,30,36)(H,31,38)/t17-,18-,19-,20+,21-,25?,27-,34?/m0/s1. The number of nitro groups is 1. The number of carbonyl (C=O) groups excluding carboxylic acids is 3. The van der Waals surface area contributed by atoms with E-state index in [-0.39, 0.29) is 35.8 Å². The van der Waals surface area contributed by atoms with Crippen molar-refractivity contribution >= 4 is 24.8 Å². The zero-order valence-corrected chi connectivity index (χ0v) is 25.4. The molecule has 3 amide bonds. The molecule has 6 fully saturated rings. The fraction of sp³-hybridized carbons (Fsp3) is 0.889. The Morgan fingerprint density at radius 1 is 1.24 bits per heavy atom. The molecular formula is C27H46BN7O7. The van der Waals surface area contributed by atoms with Gasteiger partial charge in [-0.2, -0.15) is 0 Å². The largest absolute Gasteiger partial charge is 0.481 e. The Morgan fingerprint density at radius 2 is 2.00 bits per heavy atom. The van der Waals surface area contributed by atoms with Crippen LogP contribution in [0.1, 0.15) is 79.6 Å². The Balaban J connectivity index is 1.22. The van der Waals surface area contributed by atoms with Crippen LogP contribution in [-0.4, -0.2) is 89.5 Å². The molecule has 0 aromatic carbocycles. The quantitative estimate of drug-likeness (QED) is 0.0734. The van der Waals surface area contributed by atoms with Gasteiger partial charge >= 0.3 is 7.12 Å². The predicted molar refractivity (Wildman–Crippen MR) is 152 cm³/mol. The van der Waals surface area contributed by atoms with E-state index < -0.39 is 41.9 Å². The zero-order chi connectivity index (χ0) is 30.4. The van der Waals surface area contributed by atoms with Gasteiger partial charge in [-0.1, -0.05) is 27.7 Å². The van der Waals surface area contributed by atoms with Gasteiger partial charge in [-0.15, -0.1) is 5.43 Å². The third-order valence-electron chi connectivity index (χ3n) is 10.1. The second-order valence-corrected chi connectivity index (χ2v) is 13.8. The summed E-state index contributed by atoms with van der Waals surface area (Å²) in [6.45, 7) is 11.8. The molecule has 14 nitrogen and oxygen atoms in total. The fourth-order valence-electron chi connectivity index (χ4n) is 7.56. The van der Waals surface area contributed by atoms with Gasteiger partial charge in [0.1, 0.15) is 6.04 Å². The fourth-order valence-corrected chi connectivity index (χ4v) is 7.56. The van der Waals surface area contributed by atoms with Crippen LogP contribution in [0, 0.1) is 33.3 Å². The number of nitrogens with zero attached hydrogens (tertiary/aromatic N) is 3. The smallest absolute Gasteiger partial charge is 0.404 e. The van der Waals surface area contributed by atoms with E-state index >= 15 is 0 Å². The molecule has 6 aliphatic rings. The van der Waals surface area contributed by atoms with Crippen molar-refractivity contribution in [3.8, 4) is 0 Å². The molecule has 234 valence electrons. The second-order valence-electron chi connectivity index (χ2n) is 13.8. The van der Waals surface area contributed by atoms with Gasteiger partial charge in [0.05, 0.1) is 24.2 Å². The first-order chi connectivity index (χ1) is 19.8. The van der Waals surface area contributed by atoms with Crippen LogP contribution in [0.3, 0.4) is 0 Å². The van der Waals surface area contributed by atoms with Crippen molar-refractivity contribution in [3.63, 3.8) is 0 Å². The van der Waals surface area contributed by atoms with Crippen LogP contribution < -0.4 is 21.4 Å². The summed E-state index contributed by atoms with van der Waals surface area (Å²) >= 11 is 0. The van der Waals surface area contributed by atoms with Gasteiger partial charge < -0.3 is 24.8 Å². The highest BCUT2D eigenvalue weighted by molar-refractivity contribution is 6.48. The van der Waals surface area contributed by atoms with Gasteiger partial charge in [-0.25, -0.2) is 10.1 Å². The minimum Gasteiger partial charge on any atom is -0.404 e. The van der Waals surface area contributed by atoms with Gasteiger partial charge in [0.15, 0.2) is 5.03 Å². The summed E-state index contributed by atoms with van der Waals surface area (Å²) in [6, 6.07) is -0.850. The molecule has 3 saturated heterocycles. The third kappa shape index (κ3) is 6.24. The molecule has 3 heterocycles. The Morgan fingerprint density at radius 3 is 2.62 bits per heavy atom. The lowest BCUT2D eigenvalue weighted by Crippen LogP contribution is -2.65. The van der Waals surface area contributed by atoms with Gasteiger partial charge in [-0.3, -0.25) is 19.7 Å². The molecule has 42 heavy (non-hydrogen) atoms. The molecule has 1 unspecified atom stereocenters. The molecule has 3 saturated carbocycles. The zero-order valence-electron chi connectivity index (χ0n) is 25.4. The summed E-state index contributed by atoms with van der Waals surface area (Å²) < 4.78 is 13.2. The summed E-state index contributed by atoms with van der Waals surface area (Å²) in [6.07, 6.45) is 4.09. The minimum atomic E-state index is -0.850. The summed E-state index contributed by atoms with van der Waals surface area (Å²) in [4.78, 5) is 51.0. The molecule has 0 spiro atoms. The second kappa shape index (κ2) is 11.9. The monoisotopic (exact) mass is 591 g/mol. The maximum absolute atomic E-state index is 13.7. The molecule has 0 aromatic rings. The van der Waals surface area contributed by atoms with E-state index in [1.54, 1.807) is 0 Å². The van der Waals surface area contributed by atoms with E-state index in [4.69, 9.17) is 9.31 Å². The van der Waals surface area contributed by atoms with Crippen molar-refractivity contribution in [3.05, 3.63) is 10.1 Å². The summed E-state index contributed by atoms with van der Waals surface area (Å²) in [5, 5.41) is 20.1. The topological polar surface area (TPSA) is 177 Å². The first kappa shape index (κ1) is 31.0. The Kier molecular flexibility index (Phi) is 8.76. The van der Waals surface area contributed by atoms with E-state index in [1.165, 1.54) is 4.90 Å². The van der Waals surface area contributed by atoms with Crippen molar-refractivity contribution in [2.75, 3.05) is 19.6 Å². The lowest BCUT2D eigenvalue weighted by Gasteiger charge is -2.64. The van der Waals surface area contributed by atoms with E-state index in [0.717, 1.165) is 24.4 Å². The maximum Gasteiger partial charge on any atom is 0.481 e. The van der Waals surface area contributed by atoms with E-state index in [2.05, 4.69) is 56.0 Å². The third-order valence-corrected chi connectivity index (χ3v) is 10.1. The SMILES string of the molecule is CC(C)C[C@H](NC(=O)[C@H](CCCNC1NN1[N+](=O)[O-])NC(=O)CN1CCCC1=O)B1O[C@@H]2C[C@@H]3C[C@@H](C3(C)C)[C@]2(C)O1. The number of amides is 3. The molecule has 3 aliphatic heterocycles. The highest BCUT2D eigenvalue weighted by Crippen LogP contribution is 2.65. The van der Waals surface area contributed by atoms with Crippen LogP contribution in [0.25, 0.3) is 0 Å². The summed E-state index contributed by atoms with van der Waals surface area (Å²) in [5.74, 6) is 0.0748. The molecule has 3 aliphatic carbocycles.